The summed E-state index contributed by atoms with van der Waals surface area (Å²) < 4.78 is 24.7. The maximum atomic E-state index is 13.2. The summed E-state index contributed by atoms with van der Waals surface area (Å²) in [5, 5.41) is 8.76. The second-order valence-electron chi connectivity index (χ2n) is 6.70. The lowest BCUT2D eigenvalue weighted by Crippen LogP contribution is -2.17. The molecule has 0 saturated heterocycles. The molecule has 146 valence electrons. The highest BCUT2D eigenvalue weighted by Gasteiger charge is 2.17. The van der Waals surface area contributed by atoms with E-state index in [1.165, 1.54) is 12.1 Å². The SMILES string of the molecule is C=C(C1=C(COc2ccc(CCC(=O)O)cc2)COCC1)c1ccc(F)cc1. The van der Waals surface area contributed by atoms with Crippen LogP contribution < -0.4 is 4.74 Å². The van der Waals surface area contributed by atoms with Crippen LogP contribution in [0.4, 0.5) is 4.39 Å². The lowest BCUT2D eigenvalue weighted by molar-refractivity contribution is -0.136. The van der Waals surface area contributed by atoms with Crippen LogP contribution in [0.3, 0.4) is 0 Å². The van der Waals surface area contributed by atoms with Crippen LogP contribution >= 0.6 is 0 Å². The normalized spacial score (nSPS) is 14.0. The summed E-state index contributed by atoms with van der Waals surface area (Å²) in [6.45, 7) is 5.67. The number of aryl methyl sites for hydroxylation is 1. The molecular weight excluding hydrogens is 359 g/mol. The summed E-state index contributed by atoms with van der Waals surface area (Å²) >= 11 is 0. The molecule has 1 aliphatic heterocycles. The third kappa shape index (κ3) is 5.30. The van der Waals surface area contributed by atoms with E-state index in [1.807, 2.05) is 24.3 Å². The van der Waals surface area contributed by atoms with Gasteiger partial charge in [0, 0.05) is 6.42 Å². The van der Waals surface area contributed by atoms with E-state index in [-0.39, 0.29) is 12.2 Å². The molecule has 0 fully saturated rings. The predicted octanol–water partition coefficient (Wildman–Crippen LogP) is 4.65. The molecular formula is C23H23FO4. The number of aliphatic carboxylic acids is 1. The third-order valence-electron chi connectivity index (χ3n) is 4.72. The number of carbonyl (C=O) groups is 1. The molecule has 0 radical (unpaired) electrons. The average Bonchev–Trinajstić information content (AvgIpc) is 2.72. The fourth-order valence-electron chi connectivity index (χ4n) is 3.13. The van der Waals surface area contributed by atoms with E-state index < -0.39 is 5.97 Å². The molecule has 5 heteroatoms. The summed E-state index contributed by atoms with van der Waals surface area (Å²) in [5.74, 6) is -0.366. The Balaban J connectivity index is 1.67. The molecule has 2 aromatic rings. The number of carboxylic acid groups (broad SMARTS) is 1. The largest absolute Gasteiger partial charge is 0.489 e. The Hall–Kier alpha value is -2.92. The smallest absolute Gasteiger partial charge is 0.303 e. The van der Waals surface area contributed by atoms with Crippen molar-refractivity contribution < 1.29 is 23.8 Å². The highest BCUT2D eigenvalue weighted by Crippen LogP contribution is 2.30. The Morgan fingerprint density at radius 1 is 1.14 bits per heavy atom. The van der Waals surface area contributed by atoms with Crippen molar-refractivity contribution >= 4 is 11.5 Å². The second kappa shape index (κ2) is 9.33. The number of rotatable bonds is 8. The summed E-state index contributed by atoms with van der Waals surface area (Å²) in [4.78, 5) is 10.7. The van der Waals surface area contributed by atoms with E-state index in [9.17, 15) is 9.18 Å². The fraction of sp³-hybridized carbons (Fsp3) is 0.261. The predicted molar refractivity (Wildman–Crippen MR) is 106 cm³/mol. The van der Waals surface area contributed by atoms with Crippen molar-refractivity contribution in [2.24, 2.45) is 0 Å². The van der Waals surface area contributed by atoms with Gasteiger partial charge < -0.3 is 14.6 Å². The van der Waals surface area contributed by atoms with Crippen LogP contribution in [0.5, 0.6) is 5.75 Å². The van der Waals surface area contributed by atoms with Gasteiger partial charge in [0.1, 0.15) is 18.2 Å². The van der Waals surface area contributed by atoms with Gasteiger partial charge in [0.15, 0.2) is 0 Å². The van der Waals surface area contributed by atoms with Crippen molar-refractivity contribution in [1.82, 2.24) is 0 Å². The molecule has 0 bridgehead atoms. The summed E-state index contributed by atoms with van der Waals surface area (Å²) in [5.41, 5.74) is 4.83. The van der Waals surface area contributed by atoms with Gasteiger partial charge in [-0.05, 0) is 65.0 Å². The zero-order valence-electron chi connectivity index (χ0n) is 15.6. The van der Waals surface area contributed by atoms with E-state index in [2.05, 4.69) is 6.58 Å². The first-order chi connectivity index (χ1) is 13.5. The Kier molecular flexibility index (Phi) is 6.61. The topological polar surface area (TPSA) is 55.8 Å². The number of benzene rings is 2. The summed E-state index contributed by atoms with van der Waals surface area (Å²) in [6.07, 6.45) is 1.35. The van der Waals surface area contributed by atoms with Gasteiger partial charge in [0.05, 0.1) is 13.2 Å². The number of allylic oxidation sites excluding steroid dienone is 1. The number of carboxylic acids is 1. The number of halogens is 1. The van der Waals surface area contributed by atoms with Crippen molar-refractivity contribution in [3.05, 3.63) is 83.2 Å². The van der Waals surface area contributed by atoms with E-state index in [0.717, 1.165) is 34.3 Å². The van der Waals surface area contributed by atoms with Crippen molar-refractivity contribution in [2.45, 2.75) is 19.3 Å². The average molecular weight is 382 g/mol. The van der Waals surface area contributed by atoms with Crippen molar-refractivity contribution in [1.29, 1.82) is 0 Å². The van der Waals surface area contributed by atoms with Gasteiger partial charge in [0.2, 0.25) is 0 Å². The maximum absolute atomic E-state index is 13.2. The first kappa shape index (κ1) is 19.8. The lowest BCUT2D eigenvalue weighted by atomic mass is 9.92. The van der Waals surface area contributed by atoms with Crippen LogP contribution in [-0.2, 0) is 16.0 Å². The highest BCUT2D eigenvalue weighted by molar-refractivity contribution is 5.78. The van der Waals surface area contributed by atoms with Crippen LogP contribution in [0, 0.1) is 5.82 Å². The minimum absolute atomic E-state index is 0.110. The fourth-order valence-corrected chi connectivity index (χ4v) is 3.13. The Labute approximate surface area is 163 Å². The first-order valence-corrected chi connectivity index (χ1v) is 9.20. The van der Waals surface area contributed by atoms with Crippen LogP contribution in [-0.4, -0.2) is 30.9 Å². The van der Waals surface area contributed by atoms with Gasteiger partial charge in [-0.2, -0.15) is 0 Å². The maximum Gasteiger partial charge on any atom is 0.303 e. The van der Waals surface area contributed by atoms with E-state index in [0.29, 0.717) is 32.0 Å². The lowest BCUT2D eigenvalue weighted by Gasteiger charge is -2.23. The van der Waals surface area contributed by atoms with E-state index >= 15 is 0 Å². The molecule has 28 heavy (non-hydrogen) atoms. The Bertz CT molecular complexity index is 866. The summed E-state index contributed by atoms with van der Waals surface area (Å²) in [7, 11) is 0. The zero-order valence-corrected chi connectivity index (χ0v) is 15.6. The molecule has 1 aliphatic rings. The van der Waals surface area contributed by atoms with Crippen LogP contribution in [0.1, 0.15) is 24.0 Å². The number of ether oxygens (including phenoxy) is 2. The molecule has 0 unspecified atom stereocenters. The van der Waals surface area contributed by atoms with Crippen molar-refractivity contribution in [3.63, 3.8) is 0 Å². The van der Waals surface area contributed by atoms with Crippen LogP contribution in [0.25, 0.3) is 5.57 Å². The Morgan fingerprint density at radius 3 is 2.54 bits per heavy atom. The molecule has 1 heterocycles. The van der Waals surface area contributed by atoms with Gasteiger partial charge in [-0.25, -0.2) is 4.39 Å². The molecule has 3 rings (SSSR count). The minimum atomic E-state index is -0.807. The highest BCUT2D eigenvalue weighted by atomic mass is 19.1. The van der Waals surface area contributed by atoms with Gasteiger partial charge in [-0.1, -0.05) is 30.8 Å². The molecule has 0 aromatic heterocycles. The van der Waals surface area contributed by atoms with E-state index in [1.54, 1.807) is 12.1 Å². The quantitative estimate of drug-likeness (QED) is 0.722. The second-order valence-corrected chi connectivity index (χ2v) is 6.70. The molecule has 0 atom stereocenters. The molecule has 0 amide bonds. The van der Waals surface area contributed by atoms with Crippen molar-refractivity contribution in [3.8, 4) is 5.75 Å². The van der Waals surface area contributed by atoms with Crippen molar-refractivity contribution in [2.75, 3.05) is 19.8 Å². The van der Waals surface area contributed by atoms with Crippen LogP contribution in [0.15, 0.2) is 66.3 Å². The van der Waals surface area contributed by atoms with Gasteiger partial charge in [-0.15, -0.1) is 0 Å². The Morgan fingerprint density at radius 2 is 1.86 bits per heavy atom. The molecule has 4 nitrogen and oxygen atoms in total. The van der Waals surface area contributed by atoms with Gasteiger partial charge in [0.25, 0.3) is 0 Å². The molecule has 0 spiro atoms. The number of hydrogen-bond acceptors (Lipinski definition) is 3. The minimum Gasteiger partial charge on any atom is -0.489 e. The monoisotopic (exact) mass is 382 g/mol. The summed E-state index contributed by atoms with van der Waals surface area (Å²) in [6, 6.07) is 13.8. The standard InChI is InChI=1S/C23H23FO4/c1-16(18-5-7-20(24)8-6-18)22-12-13-27-14-19(22)15-28-21-9-2-17(3-10-21)4-11-23(25)26/h2-3,5-10H,1,4,11-15H2,(H,25,26). The third-order valence-corrected chi connectivity index (χ3v) is 4.72. The van der Waals surface area contributed by atoms with Crippen LogP contribution in [0.2, 0.25) is 0 Å². The van der Waals surface area contributed by atoms with Gasteiger partial charge in [-0.3, -0.25) is 4.79 Å². The first-order valence-electron chi connectivity index (χ1n) is 9.20. The molecule has 0 aliphatic carbocycles. The number of hydrogen-bond donors (Lipinski definition) is 1. The molecule has 2 aromatic carbocycles. The molecule has 1 N–H and O–H groups in total. The van der Waals surface area contributed by atoms with Gasteiger partial charge >= 0.3 is 5.97 Å². The molecule has 0 saturated carbocycles. The zero-order chi connectivity index (χ0) is 19.9. The van der Waals surface area contributed by atoms with E-state index in [4.69, 9.17) is 14.6 Å².